The van der Waals surface area contributed by atoms with Crippen LogP contribution in [0.15, 0.2) is 54.6 Å². The summed E-state index contributed by atoms with van der Waals surface area (Å²) in [7, 11) is -0.456. The number of carbonyl (C=O) groups excluding carboxylic acids is 1. The molecule has 1 amide bonds. The molecular formula is C28H33N3O6Si. The topological polar surface area (TPSA) is 112 Å². The van der Waals surface area contributed by atoms with Crippen LogP contribution in [0.3, 0.4) is 0 Å². The highest BCUT2D eigenvalue weighted by Crippen LogP contribution is 2.39. The fourth-order valence-corrected chi connectivity index (χ4v) is 4.89. The van der Waals surface area contributed by atoms with E-state index in [9.17, 15) is 14.9 Å². The summed E-state index contributed by atoms with van der Waals surface area (Å²) in [5.74, 6) is 0.581. The first-order valence-corrected chi connectivity index (χ1v) is 15.3. The zero-order valence-corrected chi connectivity index (χ0v) is 23.5. The number of hydrogen-bond donors (Lipinski definition) is 2. The van der Waals surface area contributed by atoms with Gasteiger partial charge in [0.2, 0.25) is 0 Å². The molecule has 0 radical (unpaired) electrons. The predicted octanol–water partition coefficient (Wildman–Crippen LogP) is 6.98. The molecule has 38 heavy (non-hydrogen) atoms. The molecule has 4 rings (SSSR count). The molecule has 0 bridgehead atoms. The van der Waals surface area contributed by atoms with Gasteiger partial charge in [-0.2, -0.15) is 0 Å². The minimum atomic E-state index is -1.85. The summed E-state index contributed by atoms with van der Waals surface area (Å²) in [6.07, 6.45) is 0. The SMILES string of the molecule is COc1cc(-c2ccc3c(c2)Nc2cc(OCCO[Si](C)(C)C(C)(C)C)ccc2NC3=O)ccc1[N+](=O)[O-]. The molecule has 0 atom stereocenters. The van der Waals surface area contributed by atoms with Crippen molar-refractivity contribution in [2.75, 3.05) is 31.0 Å². The number of ether oxygens (including phenoxy) is 2. The van der Waals surface area contributed by atoms with E-state index >= 15 is 0 Å². The normalized spacial score (nSPS) is 12.9. The molecule has 0 spiro atoms. The largest absolute Gasteiger partial charge is 0.491 e. The lowest BCUT2D eigenvalue weighted by Gasteiger charge is -2.36. The van der Waals surface area contributed by atoms with Gasteiger partial charge in [0, 0.05) is 12.1 Å². The highest BCUT2D eigenvalue weighted by molar-refractivity contribution is 6.74. The van der Waals surface area contributed by atoms with E-state index < -0.39 is 13.2 Å². The van der Waals surface area contributed by atoms with Crippen LogP contribution in [0.1, 0.15) is 31.1 Å². The number of amides is 1. The van der Waals surface area contributed by atoms with Crippen LogP contribution >= 0.6 is 0 Å². The molecule has 1 aliphatic heterocycles. The fourth-order valence-electron chi connectivity index (χ4n) is 3.87. The van der Waals surface area contributed by atoms with Gasteiger partial charge >= 0.3 is 5.69 Å². The fraction of sp³-hybridized carbons (Fsp3) is 0.321. The number of rotatable bonds is 8. The zero-order valence-electron chi connectivity index (χ0n) is 22.5. The summed E-state index contributed by atoms with van der Waals surface area (Å²) < 4.78 is 17.4. The molecule has 3 aromatic carbocycles. The van der Waals surface area contributed by atoms with Crippen LogP contribution < -0.4 is 20.1 Å². The van der Waals surface area contributed by atoms with Crippen LogP contribution in [0.2, 0.25) is 18.1 Å². The molecule has 0 unspecified atom stereocenters. The van der Waals surface area contributed by atoms with Crippen LogP contribution in [0.25, 0.3) is 11.1 Å². The highest BCUT2D eigenvalue weighted by atomic mass is 28.4. The summed E-state index contributed by atoms with van der Waals surface area (Å²) in [6.45, 7) is 11.9. The molecule has 0 saturated carbocycles. The molecule has 0 aliphatic carbocycles. The molecule has 1 aliphatic rings. The van der Waals surface area contributed by atoms with Crippen molar-refractivity contribution >= 4 is 37.0 Å². The number of nitrogens with zero attached hydrogens (tertiary/aromatic N) is 1. The maximum absolute atomic E-state index is 12.9. The van der Waals surface area contributed by atoms with Crippen LogP contribution in [-0.2, 0) is 4.43 Å². The summed E-state index contributed by atoms with van der Waals surface area (Å²) in [5, 5.41) is 17.7. The lowest BCUT2D eigenvalue weighted by molar-refractivity contribution is -0.385. The van der Waals surface area contributed by atoms with Gasteiger partial charge in [-0.15, -0.1) is 0 Å². The Bertz CT molecular complexity index is 1380. The molecular weight excluding hydrogens is 502 g/mol. The van der Waals surface area contributed by atoms with E-state index in [1.807, 2.05) is 18.2 Å². The summed E-state index contributed by atoms with van der Waals surface area (Å²) >= 11 is 0. The van der Waals surface area contributed by atoms with E-state index in [0.717, 1.165) is 11.1 Å². The van der Waals surface area contributed by atoms with Gasteiger partial charge in [-0.3, -0.25) is 14.9 Å². The van der Waals surface area contributed by atoms with E-state index in [-0.39, 0.29) is 22.4 Å². The number of hydrogen-bond acceptors (Lipinski definition) is 7. The molecule has 2 N–H and O–H groups in total. The standard InChI is InChI=1S/C28H33N3O6Si/c1-28(2,3)38(5,6)37-14-13-36-20-9-11-22-24(17-20)29-23-15-18(7-10-21(23)27(32)30-22)19-8-12-25(31(33)34)26(16-19)35-4/h7-12,15-17,29H,13-14H2,1-6H3,(H,30,32). The quantitative estimate of drug-likeness (QED) is 0.138. The van der Waals surface area contributed by atoms with Crippen molar-refractivity contribution in [1.82, 2.24) is 0 Å². The van der Waals surface area contributed by atoms with Crippen molar-refractivity contribution in [2.24, 2.45) is 0 Å². The lowest BCUT2D eigenvalue weighted by Crippen LogP contribution is -2.41. The first kappa shape index (κ1) is 27.1. The van der Waals surface area contributed by atoms with Crippen molar-refractivity contribution in [1.29, 1.82) is 0 Å². The molecule has 200 valence electrons. The Morgan fingerprint density at radius 1 is 0.895 bits per heavy atom. The van der Waals surface area contributed by atoms with Crippen molar-refractivity contribution in [2.45, 2.75) is 38.9 Å². The Labute approximate surface area is 223 Å². The smallest absolute Gasteiger partial charge is 0.310 e. The summed E-state index contributed by atoms with van der Waals surface area (Å²) in [5.41, 5.74) is 3.79. The first-order chi connectivity index (χ1) is 17.9. The molecule has 0 aromatic heterocycles. The predicted molar refractivity (Wildman–Crippen MR) is 151 cm³/mol. The van der Waals surface area contributed by atoms with Crippen molar-refractivity contribution in [3.05, 3.63) is 70.3 Å². The van der Waals surface area contributed by atoms with Crippen LogP contribution in [0, 0.1) is 10.1 Å². The molecule has 0 fully saturated rings. The number of methoxy groups -OCH3 is 1. The number of nitro groups is 1. The van der Waals surface area contributed by atoms with Crippen LogP contribution in [0.4, 0.5) is 22.7 Å². The Morgan fingerprint density at radius 2 is 1.61 bits per heavy atom. The van der Waals surface area contributed by atoms with Crippen molar-refractivity contribution < 1.29 is 23.6 Å². The minimum absolute atomic E-state index is 0.111. The van der Waals surface area contributed by atoms with Crippen molar-refractivity contribution in [3.8, 4) is 22.6 Å². The van der Waals surface area contributed by atoms with Gasteiger partial charge in [0.15, 0.2) is 14.1 Å². The van der Waals surface area contributed by atoms with Crippen molar-refractivity contribution in [3.63, 3.8) is 0 Å². The van der Waals surface area contributed by atoms with Gasteiger partial charge in [0.25, 0.3) is 5.91 Å². The van der Waals surface area contributed by atoms with Gasteiger partial charge in [0.1, 0.15) is 12.4 Å². The molecule has 9 nitrogen and oxygen atoms in total. The van der Waals surface area contributed by atoms with E-state index in [1.54, 1.807) is 30.3 Å². The van der Waals surface area contributed by atoms with Crippen LogP contribution in [0.5, 0.6) is 11.5 Å². The third-order valence-electron chi connectivity index (χ3n) is 7.10. The second-order valence-electron chi connectivity index (χ2n) is 10.6. The number of carbonyl (C=O) groups is 1. The first-order valence-electron chi connectivity index (χ1n) is 12.4. The third-order valence-corrected chi connectivity index (χ3v) is 11.6. The monoisotopic (exact) mass is 535 g/mol. The van der Waals surface area contributed by atoms with Gasteiger partial charge < -0.3 is 24.5 Å². The number of fused-ring (bicyclic) bond motifs is 2. The van der Waals surface area contributed by atoms with Gasteiger partial charge in [-0.1, -0.05) is 26.8 Å². The highest BCUT2D eigenvalue weighted by Gasteiger charge is 2.37. The summed E-state index contributed by atoms with van der Waals surface area (Å²) in [4.78, 5) is 23.7. The average molecular weight is 536 g/mol. The van der Waals surface area contributed by atoms with Crippen LogP contribution in [-0.4, -0.2) is 39.5 Å². The molecule has 1 heterocycles. The Kier molecular flexibility index (Phi) is 7.48. The van der Waals surface area contributed by atoms with Gasteiger partial charge in [-0.25, -0.2) is 0 Å². The number of anilines is 3. The maximum atomic E-state index is 12.9. The molecule has 10 heteroatoms. The second kappa shape index (κ2) is 10.5. The van der Waals surface area contributed by atoms with E-state index in [0.29, 0.717) is 41.6 Å². The number of benzene rings is 3. The minimum Gasteiger partial charge on any atom is -0.491 e. The van der Waals surface area contributed by atoms with E-state index in [1.165, 1.54) is 13.2 Å². The lowest BCUT2D eigenvalue weighted by atomic mass is 10.0. The zero-order chi connectivity index (χ0) is 27.7. The van der Waals surface area contributed by atoms with Gasteiger partial charge in [-0.05, 0) is 65.7 Å². The molecule has 3 aromatic rings. The average Bonchev–Trinajstić information content (AvgIpc) is 3.00. The van der Waals surface area contributed by atoms with E-state index in [4.69, 9.17) is 13.9 Å². The summed E-state index contributed by atoms with van der Waals surface area (Å²) in [6, 6.07) is 15.5. The Morgan fingerprint density at radius 3 is 2.29 bits per heavy atom. The number of nitrogens with one attached hydrogen (secondary N) is 2. The van der Waals surface area contributed by atoms with E-state index in [2.05, 4.69) is 44.5 Å². The second-order valence-corrected chi connectivity index (χ2v) is 15.5. The number of nitro benzene ring substituents is 1. The van der Waals surface area contributed by atoms with Gasteiger partial charge in [0.05, 0.1) is 41.3 Å². The Hall–Kier alpha value is -3.89. The third kappa shape index (κ3) is 5.66. The molecule has 0 saturated heterocycles. The Balaban J connectivity index is 1.55. The maximum Gasteiger partial charge on any atom is 0.310 e.